The Hall–Kier alpha value is -3.08. The van der Waals surface area contributed by atoms with Crippen LogP contribution >= 0.6 is 0 Å². The fraction of sp³-hybridized carbons (Fsp3) is 0.600. The predicted molar refractivity (Wildman–Crippen MR) is 106 cm³/mol. The molecule has 31 heavy (non-hydrogen) atoms. The van der Waals surface area contributed by atoms with E-state index in [1.807, 2.05) is 13.8 Å². The van der Waals surface area contributed by atoms with E-state index in [1.54, 1.807) is 0 Å². The lowest BCUT2D eigenvalue weighted by Gasteiger charge is -2.20. The van der Waals surface area contributed by atoms with Crippen molar-refractivity contribution in [2.75, 3.05) is 40.5 Å². The van der Waals surface area contributed by atoms with Crippen LogP contribution < -0.4 is 10.6 Å². The van der Waals surface area contributed by atoms with Gasteiger partial charge < -0.3 is 34.3 Å². The second-order valence-corrected chi connectivity index (χ2v) is 6.76. The van der Waals surface area contributed by atoms with Crippen LogP contribution in [0.5, 0.6) is 0 Å². The highest BCUT2D eigenvalue weighted by molar-refractivity contribution is 6.04. The number of ether oxygens (including phenoxy) is 5. The van der Waals surface area contributed by atoms with Gasteiger partial charge in [0.15, 0.2) is 0 Å². The number of esters is 2. The highest BCUT2D eigenvalue weighted by Gasteiger charge is 2.52. The highest BCUT2D eigenvalue weighted by Crippen LogP contribution is 2.44. The van der Waals surface area contributed by atoms with Crippen LogP contribution in [0, 0.1) is 0 Å². The molecule has 0 aromatic rings. The van der Waals surface area contributed by atoms with E-state index in [4.69, 9.17) is 23.7 Å². The van der Waals surface area contributed by atoms with Crippen LogP contribution in [0.25, 0.3) is 0 Å². The molecule has 172 valence electrons. The van der Waals surface area contributed by atoms with Gasteiger partial charge in [0.25, 0.3) is 0 Å². The van der Waals surface area contributed by atoms with Gasteiger partial charge in [0.05, 0.1) is 25.4 Å². The summed E-state index contributed by atoms with van der Waals surface area (Å²) in [5.74, 6) is -1.53. The van der Waals surface area contributed by atoms with E-state index in [9.17, 15) is 19.2 Å². The fourth-order valence-electron chi connectivity index (χ4n) is 3.24. The number of alkyl carbamates (subject to hydrolysis) is 2. The molecule has 11 nitrogen and oxygen atoms in total. The SMILES string of the molecule is CCCNC(=O)OCC1=C(COC(=O)NCCC)[C@@H]2O[C@H]1C(C(=O)OC)=C2C(=O)OC. The lowest BCUT2D eigenvalue weighted by Crippen LogP contribution is -2.32. The first-order chi connectivity index (χ1) is 14.9. The van der Waals surface area contributed by atoms with Gasteiger partial charge in [0, 0.05) is 24.2 Å². The van der Waals surface area contributed by atoms with Crippen molar-refractivity contribution in [1.82, 2.24) is 10.6 Å². The molecule has 0 unspecified atom stereocenters. The number of amides is 2. The third-order valence-electron chi connectivity index (χ3n) is 4.70. The molecule has 0 spiro atoms. The molecule has 2 atom stereocenters. The van der Waals surface area contributed by atoms with Gasteiger partial charge in [-0.05, 0) is 12.8 Å². The van der Waals surface area contributed by atoms with Crippen LogP contribution in [0.1, 0.15) is 26.7 Å². The maximum absolute atomic E-state index is 12.3. The summed E-state index contributed by atoms with van der Waals surface area (Å²) in [5.41, 5.74) is 0.776. The third-order valence-corrected chi connectivity index (χ3v) is 4.70. The smallest absolute Gasteiger partial charge is 0.407 e. The maximum atomic E-state index is 12.3. The Labute approximate surface area is 180 Å². The Morgan fingerprint density at radius 3 is 1.48 bits per heavy atom. The van der Waals surface area contributed by atoms with Crippen molar-refractivity contribution in [2.45, 2.75) is 38.9 Å². The van der Waals surface area contributed by atoms with Crippen LogP contribution in [0.3, 0.4) is 0 Å². The largest absolute Gasteiger partial charge is 0.466 e. The quantitative estimate of drug-likeness (QED) is 0.289. The first-order valence-electron chi connectivity index (χ1n) is 9.98. The Balaban J connectivity index is 2.28. The van der Waals surface area contributed by atoms with Crippen molar-refractivity contribution in [2.24, 2.45) is 0 Å². The molecular weight excluding hydrogens is 412 g/mol. The van der Waals surface area contributed by atoms with Crippen molar-refractivity contribution in [3.8, 4) is 0 Å². The Bertz CT molecular complexity index is 726. The lowest BCUT2D eigenvalue weighted by molar-refractivity contribution is -0.139. The van der Waals surface area contributed by atoms with Crippen LogP contribution in [0.2, 0.25) is 0 Å². The van der Waals surface area contributed by atoms with Crippen LogP contribution in [0.4, 0.5) is 9.59 Å². The second kappa shape index (κ2) is 11.3. The zero-order chi connectivity index (χ0) is 23.0. The number of hydrogen-bond acceptors (Lipinski definition) is 9. The van der Waals surface area contributed by atoms with Crippen molar-refractivity contribution >= 4 is 24.1 Å². The average molecular weight is 440 g/mol. The predicted octanol–water partition coefficient (Wildman–Crippen LogP) is 0.979. The van der Waals surface area contributed by atoms with Gasteiger partial charge in [-0.25, -0.2) is 19.2 Å². The summed E-state index contributed by atoms with van der Waals surface area (Å²) in [4.78, 5) is 48.4. The minimum Gasteiger partial charge on any atom is -0.466 e. The van der Waals surface area contributed by atoms with Crippen molar-refractivity contribution < 1.29 is 42.9 Å². The molecule has 2 bridgehead atoms. The summed E-state index contributed by atoms with van der Waals surface area (Å²) in [6, 6.07) is 0. The number of hydrogen-bond donors (Lipinski definition) is 2. The topological polar surface area (TPSA) is 138 Å². The summed E-state index contributed by atoms with van der Waals surface area (Å²) >= 11 is 0. The zero-order valence-corrected chi connectivity index (χ0v) is 18.1. The summed E-state index contributed by atoms with van der Waals surface area (Å²) in [7, 11) is 2.35. The van der Waals surface area contributed by atoms with E-state index in [0.29, 0.717) is 24.2 Å². The number of carbonyl (C=O) groups is 4. The molecule has 2 aliphatic heterocycles. The van der Waals surface area contributed by atoms with E-state index in [0.717, 1.165) is 12.8 Å². The number of carbonyl (C=O) groups excluding carboxylic acids is 4. The molecule has 2 heterocycles. The molecule has 0 saturated heterocycles. The minimum absolute atomic E-state index is 0.0221. The third kappa shape index (κ3) is 5.54. The first kappa shape index (κ1) is 24.2. The number of nitrogens with one attached hydrogen (secondary N) is 2. The van der Waals surface area contributed by atoms with Gasteiger partial charge in [0.2, 0.25) is 0 Å². The van der Waals surface area contributed by atoms with Crippen molar-refractivity contribution in [3.63, 3.8) is 0 Å². The lowest BCUT2D eigenvalue weighted by atomic mass is 9.86. The van der Waals surface area contributed by atoms with E-state index >= 15 is 0 Å². The van der Waals surface area contributed by atoms with E-state index in [1.165, 1.54) is 14.2 Å². The molecule has 0 aromatic carbocycles. The first-order valence-corrected chi connectivity index (χ1v) is 9.98. The van der Waals surface area contributed by atoms with Crippen molar-refractivity contribution in [3.05, 3.63) is 22.3 Å². The monoisotopic (exact) mass is 440 g/mol. The summed E-state index contributed by atoms with van der Waals surface area (Å²) in [5, 5.41) is 5.14. The molecule has 0 saturated carbocycles. The molecular formula is C20H28N2O9. The van der Waals surface area contributed by atoms with Gasteiger partial charge in [0.1, 0.15) is 25.4 Å². The van der Waals surface area contributed by atoms with E-state index in [2.05, 4.69) is 10.6 Å². The minimum atomic E-state index is -0.983. The van der Waals surface area contributed by atoms with E-state index < -0.39 is 36.3 Å². The molecule has 2 aliphatic rings. The van der Waals surface area contributed by atoms with Crippen LogP contribution in [-0.2, 0) is 33.3 Å². The summed E-state index contributed by atoms with van der Waals surface area (Å²) < 4.78 is 25.9. The molecule has 11 heteroatoms. The van der Waals surface area contributed by atoms with Crippen molar-refractivity contribution in [1.29, 1.82) is 0 Å². The van der Waals surface area contributed by atoms with Gasteiger partial charge in [-0.1, -0.05) is 13.8 Å². The van der Waals surface area contributed by atoms with Gasteiger partial charge in [-0.2, -0.15) is 0 Å². The van der Waals surface area contributed by atoms with E-state index in [-0.39, 0.29) is 24.4 Å². The molecule has 2 amide bonds. The Morgan fingerprint density at radius 2 is 1.16 bits per heavy atom. The zero-order valence-electron chi connectivity index (χ0n) is 18.1. The highest BCUT2D eigenvalue weighted by atomic mass is 16.6. The fourth-order valence-corrected chi connectivity index (χ4v) is 3.24. The molecule has 0 aromatic heterocycles. The van der Waals surface area contributed by atoms with Gasteiger partial charge in [-0.15, -0.1) is 0 Å². The summed E-state index contributed by atoms with van der Waals surface area (Å²) in [6.07, 6.45) is -1.79. The summed E-state index contributed by atoms with van der Waals surface area (Å²) in [6.45, 7) is 4.23. The van der Waals surface area contributed by atoms with Gasteiger partial charge in [-0.3, -0.25) is 0 Å². The molecule has 0 fully saturated rings. The van der Waals surface area contributed by atoms with Crippen LogP contribution in [-0.4, -0.2) is 76.9 Å². The maximum Gasteiger partial charge on any atom is 0.407 e. The Morgan fingerprint density at radius 1 is 0.774 bits per heavy atom. The molecule has 2 N–H and O–H groups in total. The molecule has 0 radical (unpaired) electrons. The van der Waals surface area contributed by atoms with Gasteiger partial charge >= 0.3 is 24.1 Å². The molecule has 0 aliphatic carbocycles. The number of rotatable bonds is 10. The Kier molecular flexibility index (Phi) is 8.86. The number of fused-ring (bicyclic) bond motifs is 2. The second-order valence-electron chi connectivity index (χ2n) is 6.76. The van der Waals surface area contributed by atoms with Crippen LogP contribution in [0.15, 0.2) is 22.3 Å². The number of methoxy groups -OCH3 is 2. The standard InChI is InChI=1S/C20H28N2O9/c1-5-7-21-19(25)29-9-11-12(10-30-20(26)22-8-6-2)16-14(18(24)28-4)13(15(11)31-16)17(23)27-3/h15-16H,5-10H2,1-4H3,(H,21,25)(H,22,26)/t15-,16+. The normalized spacial score (nSPS) is 19.2. The average Bonchev–Trinajstić information content (AvgIpc) is 3.33. The molecule has 2 rings (SSSR count).